The predicted molar refractivity (Wildman–Crippen MR) is 85.7 cm³/mol. The van der Waals surface area contributed by atoms with Crippen molar-refractivity contribution in [1.29, 1.82) is 0 Å². The largest absolute Gasteiger partial charge is 0.495 e. The maximum absolute atomic E-state index is 6.05. The topological polar surface area (TPSA) is 38.5 Å². The number of hydrogen-bond acceptors (Lipinski definition) is 3. The van der Waals surface area contributed by atoms with E-state index in [2.05, 4.69) is 17.9 Å². The second-order valence-corrected chi connectivity index (χ2v) is 5.20. The Morgan fingerprint density at radius 3 is 2.60 bits per heavy atom. The Hall–Kier alpha value is -1.87. The second-order valence-electron chi connectivity index (χ2n) is 4.77. The van der Waals surface area contributed by atoms with Gasteiger partial charge in [-0.2, -0.15) is 0 Å². The highest BCUT2D eigenvalue weighted by Gasteiger charge is 2.14. The molecule has 2 aromatic rings. The molecule has 20 heavy (non-hydrogen) atoms. The van der Waals surface area contributed by atoms with E-state index < -0.39 is 0 Å². The summed E-state index contributed by atoms with van der Waals surface area (Å²) < 4.78 is 5.27. The zero-order chi connectivity index (χ0) is 14.7. The highest BCUT2D eigenvalue weighted by atomic mass is 35.5. The first-order chi connectivity index (χ1) is 9.52. The first-order valence-electron chi connectivity index (χ1n) is 6.44. The van der Waals surface area contributed by atoms with Crippen molar-refractivity contribution < 1.29 is 4.74 Å². The lowest BCUT2D eigenvalue weighted by Crippen LogP contribution is -2.21. The summed E-state index contributed by atoms with van der Waals surface area (Å²) in [7, 11) is 3.66. The third-order valence-corrected chi connectivity index (χ3v) is 3.77. The molecule has 1 atom stereocenters. The molecule has 2 N–H and O–H groups in total. The Bertz CT molecular complexity index is 601. The molecule has 0 spiro atoms. The molecule has 1 unspecified atom stereocenters. The van der Waals surface area contributed by atoms with Gasteiger partial charge in [0, 0.05) is 23.8 Å². The van der Waals surface area contributed by atoms with Crippen molar-refractivity contribution in [1.82, 2.24) is 0 Å². The summed E-state index contributed by atoms with van der Waals surface area (Å²) in [5.74, 6) is 0.688. The van der Waals surface area contributed by atoms with Crippen LogP contribution in [0.15, 0.2) is 42.5 Å². The maximum atomic E-state index is 6.05. The lowest BCUT2D eigenvalue weighted by atomic mass is 10.1. The van der Waals surface area contributed by atoms with E-state index in [1.807, 2.05) is 43.4 Å². The van der Waals surface area contributed by atoms with Crippen LogP contribution in [0, 0.1) is 0 Å². The van der Waals surface area contributed by atoms with Gasteiger partial charge in [0.25, 0.3) is 0 Å². The van der Waals surface area contributed by atoms with E-state index in [1.54, 1.807) is 7.11 Å². The van der Waals surface area contributed by atoms with E-state index in [0.717, 1.165) is 16.3 Å². The average molecular weight is 291 g/mol. The lowest BCUT2D eigenvalue weighted by molar-refractivity contribution is 0.417. The molecule has 4 heteroatoms. The minimum atomic E-state index is 0.196. The van der Waals surface area contributed by atoms with Crippen LogP contribution >= 0.6 is 11.6 Å². The fourth-order valence-corrected chi connectivity index (χ4v) is 2.33. The number of nitrogens with zero attached hydrogens (tertiary/aromatic N) is 1. The van der Waals surface area contributed by atoms with Gasteiger partial charge >= 0.3 is 0 Å². The third-order valence-electron chi connectivity index (χ3n) is 3.54. The van der Waals surface area contributed by atoms with Crippen molar-refractivity contribution in [2.24, 2.45) is 0 Å². The number of hydrogen-bond donors (Lipinski definition) is 1. The van der Waals surface area contributed by atoms with Gasteiger partial charge in [0.15, 0.2) is 0 Å². The number of nitrogen functional groups attached to an aromatic ring is 1. The Balaban J connectivity index is 2.28. The minimum absolute atomic E-state index is 0.196. The molecule has 0 fully saturated rings. The van der Waals surface area contributed by atoms with Crippen LogP contribution in [0.1, 0.15) is 18.5 Å². The fourth-order valence-electron chi connectivity index (χ4n) is 2.13. The first kappa shape index (κ1) is 14.5. The van der Waals surface area contributed by atoms with E-state index in [-0.39, 0.29) is 6.04 Å². The van der Waals surface area contributed by atoms with Crippen LogP contribution in [0.5, 0.6) is 5.75 Å². The molecule has 0 amide bonds. The zero-order valence-corrected chi connectivity index (χ0v) is 12.7. The summed E-state index contributed by atoms with van der Waals surface area (Å²) >= 11 is 6.05. The molecule has 0 radical (unpaired) electrons. The van der Waals surface area contributed by atoms with Gasteiger partial charge in [-0.25, -0.2) is 0 Å². The number of nitrogens with two attached hydrogens (primary N) is 1. The molecular formula is C16H19ClN2O. The van der Waals surface area contributed by atoms with Crippen LogP contribution in [-0.4, -0.2) is 14.2 Å². The Morgan fingerprint density at radius 1 is 1.20 bits per heavy atom. The van der Waals surface area contributed by atoms with Crippen LogP contribution in [0.3, 0.4) is 0 Å². The Kier molecular flexibility index (Phi) is 4.40. The molecule has 0 saturated heterocycles. The number of anilines is 2. The van der Waals surface area contributed by atoms with Crippen molar-refractivity contribution in [3.05, 3.63) is 53.1 Å². The molecule has 0 heterocycles. The second kappa shape index (κ2) is 6.06. The molecule has 0 bridgehead atoms. The number of halogens is 1. The van der Waals surface area contributed by atoms with E-state index in [1.165, 1.54) is 0 Å². The summed E-state index contributed by atoms with van der Waals surface area (Å²) in [6, 6.07) is 13.9. The van der Waals surface area contributed by atoms with Crippen LogP contribution in [0.4, 0.5) is 11.4 Å². The molecule has 2 aromatic carbocycles. The summed E-state index contributed by atoms with van der Waals surface area (Å²) in [6.45, 7) is 2.13. The van der Waals surface area contributed by atoms with Gasteiger partial charge in [-0.15, -0.1) is 0 Å². The quantitative estimate of drug-likeness (QED) is 0.861. The monoisotopic (exact) mass is 290 g/mol. The van der Waals surface area contributed by atoms with Gasteiger partial charge in [0.2, 0.25) is 0 Å². The fraction of sp³-hybridized carbons (Fsp3) is 0.250. The van der Waals surface area contributed by atoms with Crippen LogP contribution in [0.25, 0.3) is 0 Å². The van der Waals surface area contributed by atoms with Crippen LogP contribution < -0.4 is 15.4 Å². The van der Waals surface area contributed by atoms with Crippen LogP contribution in [0.2, 0.25) is 5.02 Å². The number of ether oxygens (including phenoxy) is 1. The van der Waals surface area contributed by atoms with Gasteiger partial charge in [0.05, 0.1) is 18.8 Å². The summed E-state index contributed by atoms with van der Waals surface area (Å²) in [6.07, 6.45) is 0. The highest BCUT2D eigenvalue weighted by Crippen LogP contribution is 2.31. The molecule has 0 aliphatic rings. The molecule has 0 saturated carbocycles. The van der Waals surface area contributed by atoms with Gasteiger partial charge in [-0.3, -0.25) is 0 Å². The SMILES string of the molecule is COc1cc(N(C)C(C)c2cccc(Cl)c2)ccc1N. The van der Waals surface area contributed by atoms with Crippen molar-refractivity contribution in [2.75, 3.05) is 24.8 Å². The standard InChI is InChI=1S/C16H19ClN2O/c1-11(12-5-4-6-13(17)9-12)19(2)14-7-8-15(18)16(10-14)20-3/h4-11H,18H2,1-3H3. The molecule has 0 aromatic heterocycles. The summed E-state index contributed by atoms with van der Waals surface area (Å²) in [5, 5.41) is 0.748. The first-order valence-corrected chi connectivity index (χ1v) is 6.82. The van der Waals surface area contributed by atoms with Gasteiger partial charge in [-0.1, -0.05) is 23.7 Å². The maximum Gasteiger partial charge on any atom is 0.143 e. The van der Waals surface area contributed by atoms with E-state index >= 15 is 0 Å². The van der Waals surface area contributed by atoms with E-state index in [9.17, 15) is 0 Å². The van der Waals surface area contributed by atoms with Crippen molar-refractivity contribution >= 4 is 23.0 Å². The van der Waals surface area contributed by atoms with E-state index in [4.69, 9.17) is 22.1 Å². The lowest BCUT2D eigenvalue weighted by Gasteiger charge is -2.28. The predicted octanol–water partition coefficient (Wildman–Crippen LogP) is 4.13. The normalized spacial score (nSPS) is 12.0. The van der Waals surface area contributed by atoms with Crippen molar-refractivity contribution in [3.8, 4) is 5.75 Å². The molecule has 0 aliphatic heterocycles. The van der Waals surface area contributed by atoms with Gasteiger partial charge in [0.1, 0.15) is 5.75 Å². The summed E-state index contributed by atoms with van der Waals surface area (Å²) in [4.78, 5) is 2.16. The Morgan fingerprint density at radius 2 is 1.95 bits per heavy atom. The zero-order valence-electron chi connectivity index (χ0n) is 11.9. The highest BCUT2D eigenvalue weighted by molar-refractivity contribution is 6.30. The van der Waals surface area contributed by atoms with E-state index in [0.29, 0.717) is 11.4 Å². The summed E-state index contributed by atoms with van der Waals surface area (Å²) in [5.41, 5.74) is 8.69. The van der Waals surface area contributed by atoms with Crippen molar-refractivity contribution in [3.63, 3.8) is 0 Å². The number of rotatable bonds is 4. The molecular weight excluding hydrogens is 272 g/mol. The van der Waals surface area contributed by atoms with Crippen molar-refractivity contribution in [2.45, 2.75) is 13.0 Å². The van der Waals surface area contributed by atoms with Crippen LogP contribution in [-0.2, 0) is 0 Å². The van der Waals surface area contributed by atoms with Gasteiger partial charge < -0.3 is 15.4 Å². The minimum Gasteiger partial charge on any atom is -0.495 e. The number of methoxy groups -OCH3 is 1. The average Bonchev–Trinajstić information content (AvgIpc) is 2.46. The molecule has 0 aliphatic carbocycles. The third kappa shape index (κ3) is 2.99. The smallest absolute Gasteiger partial charge is 0.143 e. The molecule has 2 rings (SSSR count). The molecule has 3 nitrogen and oxygen atoms in total. The van der Waals surface area contributed by atoms with Gasteiger partial charge in [-0.05, 0) is 36.8 Å². The Labute approximate surface area is 124 Å². The molecule has 106 valence electrons. The number of benzene rings is 2.